The van der Waals surface area contributed by atoms with Gasteiger partial charge in [-0.15, -0.1) is 24.2 Å². The molecule has 0 radical (unpaired) electrons. The fraction of sp³-hybridized carbons (Fsp3) is 0.400. The molecular weight excluding hydrogens is 684 g/mol. The zero-order chi connectivity index (χ0) is 37.4. The molecule has 2 saturated carbocycles. The van der Waals surface area contributed by atoms with Gasteiger partial charge in [-0.1, -0.05) is 30.0 Å². The molecule has 2 heterocycles. The molecule has 274 valence electrons. The van der Waals surface area contributed by atoms with Gasteiger partial charge in [-0.05, 0) is 111 Å². The highest BCUT2D eigenvalue weighted by atomic mass is 35.5. The van der Waals surface area contributed by atoms with Crippen molar-refractivity contribution in [3.8, 4) is 23.7 Å². The highest BCUT2D eigenvalue weighted by Gasteiger charge is 2.54. The van der Waals surface area contributed by atoms with E-state index in [0.29, 0.717) is 44.3 Å². The van der Waals surface area contributed by atoms with E-state index in [9.17, 15) is 24.0 Å². The lowest BCUT2D eigenvalue weighted by Gasteiger charge is -2.52. The smallest absolute Gasteiger partial charge is 0.253 e. The molecule has 2 spiro atoms. The summed E-state index contributed by atoms with van der Waals surface area (Å²) in [4.78, 5) is 65.9. The van der Waals surface area contributed by atoms with Gasteiger partial charge < -0.3 is 10.2 Å². The third kappa shape index (κ3) is 7.79. The lowest BCUT2D eigenvalue weighted by Crippen LogP contribution is -2.62. The zero-order valence-electron chi connectivity index (χ0n) is 31.4. The van der Waals surface area contributed by atoms with Crippen molar-refractivity contribution in [1.29, 1.82) is 0 Å². The summed E-state index contributed by atoms with van der Waals surface area (Å²) in [5, 5.41) is 3.19. The number of nitrogens with zero attached hydrogens (tertiary/aromatic N) is 1. The minimum Gasteiger partial charge on any atom is -0.337 e. The molecule has 2 aliphatic heterocycles. The van der Waals surface area contributed by atoms with Crippen LogP contribution < -0.4 is 5.32 Å². The van der Waals surface area contributed by atoms with Gasteiger partial charge in [0.15, 0.2) is 0 Å². The Bertz CT molecular complexity index is 2030. The number of carbonyl (C=O) groups is 5. The minimum atomic E-state index is -0.696. The van der Waals surface area contributed by atoms with Gasteiger partial charge in [0, 0.05) is 79.4 Å². The summed E-state index contributed by atoms with van der Waals surface area (Å²) in [5.74, 6) is 10.7. The number of hydrogen-bond acceptors (Lipinski definition) is 6. The van der Waals surface area contributed by atoms with Gasteiger partial charge in [0.2, 0.25) is 0 Å². The molecule has 3 aromatic carbocycles. The Hall–Kier alpha value is -4.82. The molecule has 0 unspecified atom stereocenters. The molecule has 2 aliphatic carbocycles. The summed E-state index contributed by atoms with van der Waals surface area (Å²) in [7, 11) is 0. The Morgan fingerprint density at radius 3 is 1.36 bits per heavy atom. The van der Waals surface area contributed by atoms with E-state index in [1.165, 1.54) is 0 Å². The predicted molar refractivity (Wildman–Crippen MR) is 208 cm³/mol. The maximum atomic E-state index is 13.1. The van der Waals surface area contributed by atoms with Crippen molar-refractivity contribution >= 4 is 41.4 Å². The molecule has 1 N–H and O–H groups in total. The molecule has 0 bridgehead atoms. The first-order chi connectivity index (χ1) is 24.8. The van der Waals surface area contributed by atoms with Crippen LogP contribution >= 0.6 is 12.4 Å². The molecule has 1 amide bonds. The number of carbonyl (C=O) groups excluding carboxylic acids is 5. The van der Waals surface area contributed by atoms with Crippen LogP contribution in [-0.2, 0) is 19.2 Å². The second kappa shape index (κ2) is 15.7. The largest absolute Gasteiger partial charge is 0.337 e. The van der Waals surface area contributed by atoms with Crippen LogP contribution in [0, 0.1) is 62.2 Å². The topological polar surface area (TPSA) is 101 Å². The minimum absolute atomic E-state index is 0. The second-order valence-corrected chi connectivity index (χ2v) is 15.4. The first-order valence-electron chi connectivity index (χ1n) is 18.0. The monoisotopic (exact) mass is 730 g/mol. The summed E-state index contributed by atoms with van der Waals surface area (Å²) in [6.45, 7) is 13.9. The molecule has 3 aromatic rings. The van der Waals surface area contributed by atoms with Gasteiger partial charge in [-0.3, -0.25) is 24.0 Å². The van der Waals surface area contributed by atoms with Crippen LogP contribution in [-0.4, -0.2) is 60.1 Å². The fourth-order valence-corrected chi connectivity index (χ4v) is 8.93. The third-order valence-electron chi connectivity index (χ3n) is 11.1. The van der Waals surface area contributed by atoms with Gasteiger partial charge in [-0.25, -0.2) is 0 Å². The Kier molecular flexibility index (Phi) is 11.6. The van der Waals surface area contributed by atoms with E-state index >= 15 is 0 Å². The molecule has 8 heteroatoms. The summed E-state index contributed by atoms with van der Waals surface area (Å²) >= 11 is 0. The second-order valence-electron chi connectivity index (χ2n) is 15.4. The molecule has 4 fully saturated rings. The Morgan fingerprint density at radius 1 is 0.642 bits per heavy atom. The van der Waals surface area contributed by atoms with E-state index in [-0.39, 0.29) is 46.9 Å². The maximum Gasteiger partial charge on any atom is 0.253 e. The average molecular weight is 731 g/mol. The van der Waals surface area contributed by atoms with Crippen LogP contribution in [0.3, 0.4) is 0 Å². The fourth-order valence-electron chi connectivity index (χ4n) is 8.93. The van der Waals surface area contributed by atoms with Crippen LogP contribution in [0.15, 0.2) is 54.6 Å². The molecule has 7 rings (SSSR count). The van der Waals surface area contributed by atoms with Crippen molar-refractivity contribution < 1.29 is 24.0 Å². The van der Waals surface area contributed by atoms with E-state index in [1.54, 1.807) is 30.9 Å². The Morgan fingerprint density at radius 2 is 1.02 bits per heavy atom. The van der Waals surface area contributed by atoms with Gasteiger partial charge in [0.25, 0.3) is 5.91 Å². The average Bonchev–Trinajstić information content (AvgIpc) is 3.05. The third-order valence-corrected chi connectivity index (χ3v) is 11.1. The van der Waals surface area contributed by atoms with Crippen LogP contribution in [0.5, 0.6) is 0 Å². The van der Waals surface area contributed by atoms with Crippen molar-refractivity contribution in [3.63, 3.8) is 0 Å². The van der Waals surface area contributed by atoms with E-state index in [0.717, 1.165) is 57.6 Å². The van der Waals surface area contributed by atoms with Crippen molar-refractivity contribution in [1.82, 2.24) is 10.2 Å². The standard InChI is InChI=1S/C26H25NO3.C19H21NO2.ClH/c1-4-8-19-11-17(2)23(18(3)12-19)24-21(28)13-26(14-22(24)29)15-27(16-26)25(30)20-9-6-5-7-10-20;1-4-5-14-6-12(2)17(13(3)7-14)18-15(21)8-19(9-16(18)22)10-20-11-19;/h5-7,9-12,24H,13-16H2,1-3H3;6-7,18,20H,8-11H2,1-3H3;1H. The number of amides is 1. The van der Waals surface area contributed by atoms with E-state index in [4.69, 9.17) is 0 Å². The first kappa shape index (κ1) is 39.4. The molecule has 53 heavy (non-hydrogen) atoms. The molecule has 4 aliphatic rings. The highest BCUT2D eigenvalue weighted by Crippen LogP contribution is 2.47. The van der Waals surface area contributed by atoms with Gasteiger partial charge >= 0.3 is 0 Å². The summed E-state index contributed by atoms with van der Waals surface area (Å²) in [5.41, 5.74) is 7.57. The number of hydrogen-bond donors (Lipinski definition) is 1. The number of halogens is 1. The number of aryl methyl sites for hydroxylation is 4. The SMILES string of the molecule is CC#Cc1cc(C)c(C2C(=O)CC3(CC2=O)CN(C(=O)c2ccccc2)C3)c(C)c1.CC#Cc1cc(C)c(C2C(=O)CC3(CNC3)CC2=O)c(C)c1.Cl. The van der Waals surface area contributed by atoms with Gasteiger partial charge in [-0.2, -0.15) is 0 Å². The molecule has 0 atom stereocenters. The lowest BCUT2D eigenvalue weighted by molar-refractivity contribution is -0.142. The van der Waals surface area contributed by atoms with Gasteiger partial charge in [0.1, 0.15) is 35.0 Å². The van der Waals surface area contributed by atoms with Crippen molar-refractivity contribution in [2.75, 3.05) is 26.2 Å². The Labute approximate surface area is 319 Å². The van der Waals surface area contributed by atoms with Crippen LogP contribution in [0.2, 0.25) is 0 Å². The molecule has 7 nitrogen and oxygen atoms in total. The van der Waals surface area contributed by atoms with E-state index in [2.05, 4.69) is 29.0 Å². The first-order valence-corrected chi connectivity index (χ1v) is 18.0. The number of ketones is 4. The van der Waals surface area contributed by atoms with Crippen LogP contribution in [0.25, 0.3) is 0 Å². The number of likely N-dealkylation sites (tertiary alicyclic amines) is 1. The zero-order valence-corrected chi connectivity index (χ0v) is 32.2. The van der Waals surface area contributed by atoms with Crippen LogP contribution in [0.4, 0.5) is 0 Å². The van der Waals surface area contributed by atoms with Crippen molar-refractivity contribution in [2.24, 2.45) is 10.8 Å². The number of rotatable bonds is 3. The Balaban J connectivity index is 0.000000210. The number of benzene rings is 3. The number of Topliss-reactive ketones (excluding diaryl/α,β-unsaturated/α-hetero) is 4. The molecular formula is C45H47ClN2O5. The van der Waals surface area contributed by atoms with Gasteiger partial charge in [0.05, 0.1) is 0 Å². The predicted octanol–water partition coefficient (Wildman–Crippen LogP) is 6.53. The van der Waals surface area contributed by atoms with E-state index < -0.39 is 17.3 Å². The lowest BCUT2D eigenvalue weighted by atomic mass is 9.63. The summed E-state index contributed by atoms with van der Waals surface area (Å²) < 4.78 is 0. The molecule has 2 saturated heterocycles. The van der Waals surface area contributed by atoms with Crippen molar-refractivity contribution in [3.05, 3.63) is 105 Å². The molecule has 0 aromatic heterocycles. The van der Waals surface area contributed by atoms with E-state index in [1.807, 2.05) is 70.2 Å². The normalized spacial score (nSPS) is 19.7. The quantitative estimate of drug-likeness (QED) is 0.243. The summed E-state index contributed by atoms with van der Waals surface area (Å²) in [6.07, 6.45) is 1.73. The summed E-state index contributed by atoms with van der Waals surface area (Å²) in [6, 6.07) is 17.0. The highest BCUT2D eigenvalue weighted by molar-refractivity contribution is 6.12. The maximum absolute atomic E-state index is 13.1. The van der Waals surface area contributed by atoms with Crippen molar-refractivity contribution in [2.45, 2.75) is 79.1 Å². The number of nitrogens with one attached hydrogen (secondary N) is 1. The van der Waals surface area contributed by atoms with Crippen LogP contribution in [0.1, 0.15) is 106 Å².